The molecule has 0 saturated carbocycles. The molecule has 0 bridgehead atoms. The highest BCUT2D eigenvalue weighted by atomic mass is 16.3. The number of hydrogen-bond donors (Lipinski definition) is 0. The topological polar surface area (TPSA) is 51.8 Å². The molecular weight excluding hydrogens is 623 g/mol. The molecule has 0 saturated heterocycles. The van der Waals surface area contributed by atoms with Crippen LogP contribution in [0.3, 0.4) is 0 Å². The van der Waals surface area contributed by atoms with Gasteiger partial charge in [-0.3, -0.25) is 0 Å². The number of nitrogens with zero attached hydrogens (tertiary/aromatic N) is 3. The van der Waals surface area contributed by atoms with Gasteiger partial charge in [-0.05, 0) is 62.0 Å². The van der Waals surface area contributed by atoms with E-state index in [1.54, 1.807) is 0 Å². The van der Waals surface area contributed by atoms with Crippen LogP contribution in [0.2, 0.25) is 0 Å². The fraction of sp³-hybridized carbons (Fsp3) is 0. The maximum absolute atomic E-state index is 6.79. The van der Waals surface area contributed by atoms with Gasteiger partial charge in [-0.1, -0.05) is 158 Å². The fourth-order valence-corrected chi connectivity index (χ4v) is 7.32. The predicted octanol–water partition coefficient (Wildman–Crippen LogP) is 12.4. The van der Waals surface area contributed by atoms with Gasteiger partial charge in [0, 0.05) is 21.9 Å². The molecule has 0 aliphatic rings. The van der Waals surface area contributed by atoms with Crippen LogP contribution in [0.1, 0.15) is 0 Å². The van der Waals surface area contributed by atoms with Crippen molar-refractivity contribution in [2.75, 3.05) is 0 Å². The third-order valence-electron chi connectivity index (χ3n) is 9.72. The molecule has 51 heavy (non-hydrogen) atoms. The molecule has 2 heterocycles. The van der Waals surface area contributed by atoms with Crippen LogP contribution in [0.4, 0.5) is 0 Å². The Labute approximate surface area is 294 Å². The minimum absolute atomic E-state index is 0.558. The van der Waals surface area contributed by atoms with Gasteiger partial charge in [-0.25, -0.2) is 15.0 Å². The minimum atomic E-state index is 0.558. The number of furan rings is 1. The van der Waals surface area contributed by atoms with E-state index in [0.717, 1.165) is 60.5 Å². The molecule has 4 heteroatoms. The zero-order valence-electron chi connectivity index (χ0n) is 27.5. The van der Waals surface area contributed by atoms with Gasteiger partial charge >= 0.3 is 0 Å². The zero-order chi connectivity index (χ0) is 33.7. The summed E-state index contributed by atoms with van der Waals surface area (Å²) in [5.41, 5.74) is 8.81. The largest absolute Gasteiger partial charge is 0.455 e. The molecule has 4 nitrogen and oxygen atoms in total. The van der Waals surface area contributed by atoms with Crippen LogP contribution in [0.25, 0.3) is 99.9 Å². The van der Waals surface area contributed by atoms with Crippen LogP contribution in [0.5, 0.6) is 0 Å². The summed E-state index contributed by atoms with van der Waals surface area (Å²) in [6, 6.07) is 61.1. The molecule has 0 atom stereocenters. The molecule has 0 aliphatic carbocycles. The SMILES string of the molecule is c1ccc(-c2nc(-c3ccccc3)nc(-c3cc(-c4ccc(-c5ccccc5)c5ccccc45)cc4c3oc3ccc5ccccc5c34)n2)cc1. The highest BCUT2D eigenvalue weighted by molar-refractivity contribution is 6.21. The van der Waals surface area contributed by atoms with Crippen LogP contribution < -0.4 is 0 Å². The van der Waals surface area contributed by atoms with Gasteiger partial charge in [-0.2, -0.15) is 0 Å². The lowest BCUT2D eigenvalue weighted by atomic mass is 9.90. The highest BCUT2D eigenvalue weighted by Crippen LogP contribution is 2.44. The lowest BCUT2D eigenvalue weighted by Gasteiger charge is -2.14. The van der Waals surface area contributed by atoms with E-state index in [2.05, 4.69) is 115 Å². The first-order valence-electron chi connectivity index (χ1n) is 17.1. The number of hydrogen-bond acceptors (Lipinski definition) is 4. The Morgan fingerprint density at radius 3 is 1.47 bits per heavy atom. The zero-order valence-corrected chi connectivity index (χ0v) is 27.5. The fourth-order valence-electron chi connectivity index (χ4n) is 7.32. The van der Waals surface area contributed by atoms with E-state index in [-0.39, 0.29) is 0 Å². The van der Waals surface area contributed by atoms with Crippen LogP contribution >= 0.6 is 0 Å². The van der Waals surface area contributed by atoms with E-state index in [0.29, 0.717) is 17.5 Å². The lowest BCUT2D eigenvalue weighted by Crippen LogP contribution is -2.00. The second-order valence-electron chi connectivity index (χ2n) is 12.8. The molecule has 238 valence electrons. The van der Waals surface area contributed by atoms with E-state index in [9.17, 15) is 0 Å². The van der Waals surface area contributed by atoms with Crippen molar-refractivity contribution in [2.24, 2.45) is 0 Å². The van der Waals surface area contributed by atoms with Gasteiger partial charge in [0.15, 0.2) is 17.5 Å². The number of benzene rings is 8. The first-order chi connectivity index (χ1) is 25.3. The molecule has 0 spiro atoms. The predicted molar refractivity (Wildman–Crippen MR) is 209 cm³/mol. The highest BCUT2D eigenvalue weighted by Gasteiger charge is 2.21. The van der Waals surface area contributed by atoms with Crippen LogP contribution in [-0.4, -0.2) is 15.0 Å². The standard InChI is InChI=1S/C47H29N3O/c1-4-14-30(15-5-1)35-25-26-36(39-23-13-12-22-38(35)39)34-28-40-43-37-21-11-10-16-31(37)24-27-42(43)51-44(40)41(29-34)47-49-45(32-17-6-2-7-18-32)48-46(50-47)33-19-8-3-9-20-33/h1-29H. The molecule has 0 radical (unpaired) electrons. The summed E-state index contributed by atoms with van der Waals surface area (Å²) in [6.45, 7) is 0. The average molecular weight is 652 g/mol. The van der Waals surface area contributed by atoms with Crippen molar-refractivity contribution in [3.63, 3.8) is 0 Å². The van der Waals surface area contributed by atoms with Gasteiger partial charge in [0.2, 0.25) is 0 Å². The summed E-state index contributed by atoms with van der Waals surface area (Å²) in [5, 5.41) is 6.78. The quantitative estimate of drug-likeness (QED) is 0.186. The van der Waals surface area contributed by atoms with Crippen LogP contribution in [-0.2, 0) is 0 Å². The van der Waals surface area contributed by atoms with Gasteiger partial charge < -0.3 is 4.42 Å². The normalized spacial score (nSPS) is 11.5. The van der Waals surface area contributed by atoms with Crippen molar-refractivity contribution < 1.29 is 4.42 Å². The summed E-state index contributed by atoms with van der Waals surface area (Å²) in [7, 11) is 0. The van der Waals surface area contributed by atoms with Crippen molar-refractivity contribution in [1.29, 1.82) is 0 Å². The summed E-state index contributed by atoms with van der Waals surface area (Å²) in [4.78, 5) is 15.3. The van der Waals surface area contributed by atoms with Crippen molar-refractivity contribution in [2.45, 2.75) is 0 Å². The number of fused-ring (bicyclic) bond motifs is 6. The molecule has 0 N–H and O–H groups in total. The molecule has 0 amide bonds. The summed E-state index contributed by atoms with van der Waals surface area (Å²) >= 11 is 0. The Hall–Kier alpha value is -6.91. The number of aromatic nitrogens is 3. The minimum Gasteiger partial charge on any atom is -0.455 e. The molecule has 0 aliphatic heterocycles. The van der Waals surface area contributed by atoms with E-state index < -0.39 is 0 Å². The van der Waals surface area contributed by atoms with Gasteiger partial charge in [0.1, 0.15) is 11.2 Å². The second kappa shape index (κ2) is 11.9. The third kappa shape index (κ3) is 4.96. The maximum atomic E-state index is 6.79. The molecule has 0 fully saturated rings. The van der Waals surface area contributed by atoms with Crippen molar-refractivity contribution in [3.8, 4) is 56.4 Å². The lowest BCUT2D eigenvalue weighted by molar-refractivity contribution is 0.670. The molecule has 10 aromatic rings. The monoisotopic (exact) mass is 651 g/mol. The Kier molecular flexibility index (Phi) is 6.78. The van der Waals surface area contributed by atoms with Crippen molar-refractivity contribution in [3.05, 3.63) is 176 Å². The van der Waals surface area contributed by atoms with Crippen molar-refractivity contribution in [1.82, 2.24) is 15.0 Å². The first kappa shape index (κ1) is 29.0. The Balaban J connectivity index is 1.30. The van der Waals surface area contributed by atoms with Crippen LogP contribution in [0.15, 0.2) is 180 Å². The van der Waals surface area contributed by atoms with Crippen LogP contribution in [0, 0.1) is 0 Å². The number of rotatable bonds is 5. The van der Waals surface area contributed by atoms with E-state index in [1.807, 2.05) is 60.7 Å². The van der Waals surface area contributed by atoms with E-state index >= 15 is 0 Å². The molecular formula is C47H29N3O. The van der Waals surface area contributed by atoms with Gasteiger partial charge in [0.25, 0.3) is 0 Å². The Morgan fingerprint density at radius 2 is 0.843 bits per heavy atom. The Bertz CT molecular complexity index is 2840. The van der Waals surface area contributed by atoms with Gasteiger partial charge in [-0.15, -0.1) is 0 Å². The van der Waals surface area contributed by atoms with Crippen molar-refractivity contribution >= 4 is 43.5 Å². The van der Waals surface area contributed by atoms with E-state index in [1.165, 1.54) is 21.9 Å². The molecule has 0 unspecified atom stereocenters. The molecule has 8 aromatic carbocycles. The summed E-state index contributed by atoms with van der Waals surface area (Å²) in [5.74, 6) is 1.78. The average Bonchev–Trinajstić information content (AvgIpc) is 3.60. The summed E-state index contributed by atoms with van der Waals surface area (Å²) in [6.07, 6.45) is 0. The molecule has 2 aromatic heterocycles. The Morgan fingerprint density at radius 1 is 0.333 bits per heavy atom. The maximum Gasteiger partial charge on any atom is 0.167 e. The van der Waals surface area contributed by atoms with E-state index in [4.69, 9.17) is 19.4 Å². The first-order valence-corrected chi connectivity index (χ1v) is 17.1. The third-order valence-corrected chi connectivity index (χ3v) is 9.72. The second-order valence-corrected chi connectivity index (χ2v) is 12.8. The van der Waals surface area contributed by atoms with Gasteiger partial charge in [0.05, 0.1) is 5.56 Å². The smallest absolute Gasteiger partial charge is 0.167 e. The molecule has 10 rings (SSSR count). The summed E-state index contributed by atoms with van der Waals surface area (Å²) < 4.78 is 6.79.